The molecule has 1 saturated heterocycles. The average molecular weight is 186 g/mol. The van der Waals surface area contributed by atoms with Gasteiger partial charge in [-0.05, 0) is 32.7 Å². The van der Waals surface area contributed by atoms with E-state index in [2.05, 4.69) is 11.8 Å². The van der Waals surface area contributed by atoms with Crippen LogP contribution in [0.5, 0.6) is 0 Å². The molecule has 0 spiro atoms. The first-order chi connectivity index (χ1) is 6.11. The van der Waals surface area contributed by atoms with Crippen LogP contribution in [0.2, 0.25) is 0 Å². The lowest BCUT2D eigenvalue weighted by molar-refractivity contribution is -0.138. The standard InChI is InChI=1S/C9H18N2O2/c1-7-3-2-5-11(7)6-4-8(10)9(12)13/h7-8H,2-6,10H2,1H3,(H,12,13). The van der Waals surface area contributed by atoms with E-state index in [-0.39, 0.29) is 0 Å². The number of likely N-dealkylation sites (tertiary alicyclic amines) is 1. The molecule has 1 heterocycles. The van der Waals surface area contributed by atoms with Gasteiger partial charge >= 0.3 is 5.97 Å². The second-order valence-electron chi connectivity index (χ2n) is 3.76. The number of carboxylic acid groups (broad SMARTS) is 1. The van der Waals surface area contributed by atoms with Crippen molar-refractivity contribution in [3.05, 3.63) is 0 Å². The Morgan fingerprint density at radius 1 is 1.77 bits per heavy atom. The Morgan fingerprint density at radius 3 is 2.92 bits per heavy atom. The minimum absolute atomic E-state index is 0.555. The Morgan fingerprint density at radius 2 is 2.46 bits per heavy atom. The minimum atomic E-state index is -0.896. The van der Waals surface area contributed by atoms with Crippen molar-refractivity contribution in [1.82, 2.24) is 4.90 Å². The lowest BCUT2D eigenvalue weighted by atomic mass is 10.2. The van der Waals surface area contributed by atoms with Gasteiger partial charge in [0.05, 0.1) is 0 Å². The van der Waals surface area contributed by atoms with Crippen molar-refractivity contribution in [1.29, 1.82) is 0 Å². The van der Waals surface area contributed by atoms with Crippen molar-refractivity contribution >= 4 is 5.97 Å². The second-order valence-corrected chi connectivity index (χ2v) is 3.76. The second kappa shape index (κ2) is 4.58. The summed E-state index contributed by atoms with van der Waals surface area (Å²) >= 11 is 0. The Bertz CT molecular complexity index is 184. The predicted octanol–water partition coefficient (Wildman–Crippen LogP) is 0.273. The van der Waals surface area contributed by atoms with Crippen molar-refractivity contribution in [3.63, 3.8) is 0 Å². The summed E-state index contributed by atoms with van der Waals surface area (Å²) in [6.45, 7) is 4.08. The Kier molecular flexibility index (Phi) is 3.69. The van der Waals surface area contributed by atoms with Crippen LogP contribution in [0.25, 0.3) is 0 Å². The van der Waals surface area contributed by atoms with Crippen LogP contribution in [-0.4, -0.2) is 41.1 Å². The molecule has 1 rings (SSSR count). The third kappa shape index (κ3) is 2.97. The van der Waals surface area contributed by atoms with Gasteiger partial charge in [0.2, 0.25) is 0 Å². The summed E-state index contributed by atoms with van der Waals surface area (Å²) in [5.41, 5.74) is 5.41. The van der Waals surface area contributed by atoms with Crippen LogP contribution in [0, 0.1) is 0 Å². The molecular formula is C9H18N2O2. The largest absolute Gasteiger partial charge is 0.480 e. The van der Waals surface area contributed by atoms with Crippen molar-refractivity contribution in [2.75, 3.05) is 13.1 Å². The maximum Gasteiger partial charge on any atom is 0.320 e. The van der Waals surface area contributed by atoms with E-state index in [0.717, 1.165) is 13.1 Å². The SMILES string of the molecule is CC1CCCN1CCC(N)C(=O)O. The summed E-state index contributed by atoms with van der Waals surface area (Å²) in [6, 6.07) is -0.103. The molecule has 2 atom stereocenters. The fourth-order valence-electron chi connectivity index (χ4n) is 1.75. The van der Waals surface area contributed by atoms with Crippen molar-refractivity contribution in [2.24, 2.45) is 5.73 Å². The normalized spacial score (nSPS) is 26.2. The topological polar surface area (TPSA) is 66.6 Å². The quantitative estimate of drug-likeness (QED) is 0.661. The van der Waals surface area contributed by atoms with Crippen LogP contribution >= 0.6 is 0 Å². The highest BCUT2D eigenvalue weighted by molar-refractivity contribution is 5.72. The molecule has 0 aromatic carbocycles. The summed E-state index contributed by atoms with van der Waals surface area (Å²) in [5.74, 6) is -0.896. The van der Waals surface area contributed by atoms with Gasteiger partial charge in [-0.15, -0.1) is 0 Å². The molecule has 76 valence electrons. The molecule has 1 aliphatic heterocycles. The van der Waals surface area contributed by atoms with Gasteiger partial charge in [0.25, 0.3) is 0 Å². The van der Waals surface area contributed by atoms with E-state index in [1.165, 1.54) is 12.8 Å². The monoisotopic (exact) mass is 186 g/mol. The third-order valence-electron chi connectivity index (χ3n) is 2.74. The number of nitrogens with two attached hydrogens (primary N) is 1. The van der Waals surface area contributed by atoms with Gasteiger partial charge in [0, 0.05) is 12.6 Å². The number of nitrogens with zero attached hydrogens (tertiary/aromatic N) is 1. The summed E-state index contributed by atoms with van der Waals surface area (Å²) in [5, 5.41) is 8.58. The maximum absolute atomic E-state index is 10.4. The van der Waals surface area contributed by atoms with Crippen LogP contribution in [0.3, 0.4) is 0 Å². The van der Waals surface area contributed by atoms with Gasteiger partial charge in [-0.1, -0.05) is 0 Å². The van der Waals surface area contributed by atoms with Gasteiger partial charge < -0.3 is 15.7 Å². The highest BCUT2D eigenvalue weighted by atomic mass is 16.4. The van der Waals surface area contributed by atoms with Crippen LogP contribution in [0.4, 0.5) is 0 Å². The summed E-state index contributed by atoms with van der Waals surface area (Å²) < 4.78 is 0. The number of carboxylic acids is 1. The van der Waals surface area contributed by atoms with E-state index in [0.29, 0.717) is 12.5 Å². The zero-order valence-electron chi connectivity index (χ0n) is 8.07. The number of hydrogen-bond donors (Lipinski definition) is 2. The smallest absolute Gasteiger partial charge is 0.320 e. The fourth-order valence-corrected chi connectivity index (χ4v) is 1.75. The zero-order chi connectivity index (χ0) is 9.84. The molecule has 2 unspecified atom stereocenters. The molecule has 0 bridgehead atoms. The van der Waals surface area contributed by atoms with Gasteiger partial charge in [0.1, 0.15) is 6.04 Å². The molecule has 3 N–H and O–H groups in total. The zero-order valence-corrected chi connectivity index (χ0v) is 8.07. The molecule has 0 aliphatic carbocycles. The summed E-state index contributed by atoms with van der Waals surface area (Å²) in [7, 11) is 0. The van der Waals surface area contributed by atoms with E-state index in [1.54, 1.807) is 0 Å². The number of carbonyl (C=O) groups is 1. The van der Waals surface area contributed by atoms with Gasteiger partial charge in [-0.3, -0.25) is 4.79 Å². The van der Waals surface area contributed by atoms with Crippen LogP contribution in [-0.2, 0) is 4.79 Å². The van der Waals surface area contributed by atoms with Gasteiger partial charge in [0.15, 0.2) is 0 Å². The van der Waals surface area contributed by atoms with Crippen molar-refractivity contribution in [3.8, 4) is 0 Å². The molecule has 13 heavy (non-hydrogen) atoms. The number of hydrogen-bond acceptors (Lipinski definition) is 3. The van der Waals surface area contributed by atoms with Crippen molar-refractivity contribution in [2.45, 2.75) is 38.3 Å². The first-order valence-electron chi connectivity index (χ1n) is 4.83. The molecule has 4 heteroatoms. The van der Waals surface area contributed by atoms with Gasteiger partial charge in [-0.2, -0.15) is 0 Å². The molecule has 0 aromatic heterocycles. The van der Waals surface area contributed by atoms with Crippen molar-refractivity contribution < 1.29 is 9.90 Å². The average Bonchev–Trinajstić information content (AvgIpc) is 2.47. The van der Waals surface area contributed by atoms with Crippen LogP contribution in [0.15, 0.2) is 0 Å². The van der Waals surface area contributed by atoms with E-state index in [1.807, 2.05) is 0 Å². The first-order valence-corrected chi connectivity index (χ1v) is 4.83. The summed E-state index contributed by atoms with van der Waals surface area (Å²) in [6.07, 6.45) is 3.01. The van der Waals surface area contributed by atoms with E-state index in [9.17, 15) is 4.79 Å². The molecule has 1 aliphatic rings. The van der Waals surface area contributed by atoms with Crippen LogP contribution in [0.1, 0.15) is 26.2 Å². The number of rotatable bonds is 4. The fraction of sp³-hybridized carbons (Fsp3) is 0.889. The van der Waals surface area contributed by atoms with E-state index in [4.69, 9.17) is 10.8 Å². The predicted molar refractivity (Wildman–Crippen MR) is 50.5 cm³/mol. The molecule has 1 fully saturated rings. The Hall–Kier alpha value is -0.610. The number of aliphatic carboxylic acids is 1. The highest BCUT2D eigenvalue weighted by Gasteiger charge is 2.21. The molecule has 0 amide bonds. The Labute approximate surface area is 78.7 Å². The van der Waals surface area contributed by atoms with E-state index >= 15 is 0 Å². The Balaban J connectivity index is 2.22. The summed E-state index contributed by atoms with van der Waals surface area (Å²) in [4.78, 5) is 12.8. The highest BCUT2D eigenvalue weighted by Crippen LogP contribution is 2.16. The molecule has 0 saturated carbocycles. The van der Waals surface area contributed by atoms with E-state index < -0.39 is 12.0 Å². The van der Waals surface area contributed by atoms with Crippen LogP contribution < -0.4 is 5.73 Å². The minimum Gasteiger partial charge on any atom is -0.480 e. The maximum atomic E-state index is 10.4. The first kappa shape index (κ1) is 10.5. The van der Waals surface area contributed by atoms with Gasteiger partial charge in [-0.25, -0.2) is 0 Å². The molecule has 4 nitrogen and oxygen atoms in total. The molecule has 0 radical (unpaired) electrons. The third-order valence-corrected chi connectivity index (χ3v) is 2.74. The lowest BCUT2D eigenvalue weighted by Crippen LogP contribution is -2.36. The lowest BCUT2D eigenvalue weighted by Gasteiger charge is -2.21. The molecular weight excluding hydrogens is 168 g/mol. The molecule has 0 aromatic rings.